The molecule has 11 heavy (non-hydrogen) atoms. The molecule has 0 aliphatic heterocycles. The molecule has 64 valence electrons. The van der Waals surface area contributed by atoms with E-state index in [4.69, 9.17) is 0 Å². The van der Waals surface area contributed by atoms with Gasteiger partial charge in [0, 0.05) is 0 Å². The van der Waals surface area contributed by atoms with Gasteiger partial charge in [0.25, 0.3) is 0 Å². The average Bonchev–Trinajstić information content (AvgIpc) is 1.96. The fourth-order valence-corrected chi connectivity index (χ4v) is 0.719. The summed E-state index contributed by atoms with van der Waals surface area (Å²) in [6, 6.07) is 0. The number of allylic oxidation sites excluding steroid dienone is 3. The van der Waals surface area contributed by atoms with E-state index in [1.165, 1.54) is 5.57 Å². The van der Waals surface area contributed by atoms with Crippen molar-refractivity contribution in [3.05, 3.63) is 23.8 Å². The SMILES string of the molecule is CCNCCC=CC=C(C)C. The van der Waals surface area contributed by atoms with Gasteiger partial charge in [-0.3, -0.25) is 0 Å². The normalized spacial score (nSPS) is 10.5. The minimum absolute atomic E-state index is 1.07. The highest BCUT2D eigenvalue weighted by Gasteiger charge is 1.77. The van der Waals surface area contributed by atoms with Crippen LogP contribution in [0.4, 0.5) is 0 Å². The first-order chi connectivity index (χ1) is 5.27. The van der Waals surface area contributed by atoms with E-state index in [-0.39, 0.29) is 0 Å². The van der Waals surface area contributed by atoms with E-state index in [0.29, 0.717) is 0 Å². The van der Waals surface area contributed by atoms with Crippen molar-refractivity contribution in [2.24, 2.45) is 0 Å². The molecule has 1 heteroatoms. The maximum absolute atomic E-state index is 3.26. The van der Waals surface area contributed by atoms with E-state index in [1.807, 2.05) is 0 Å². The lowest BCUT2D eigenvalue weighted by molar-refractivity contribution is 0.726. The van der Waals surface area contributed by atoms with Crippen LogP contribution >= 0.6 is 0 Å². The van der Waals surface area contributed by atoms with Gasteiger partial charge in [-0.05, 0) is 33.4 Å². The lowest BCUT2D eigenvalue weighted by Crippen LogP contribution is -2.12. The fourth-order valence-electron chi connectivity index (χ4n) is 0.719. The molecular formula is C10H19N. The van der Waals surface area contributed by atoms with E-state index in [2.05, 4.69) is 44.3 Å². The van der Waals surface area contributed by atoms with E-state index in [0.717, 1.165) is 19.5 Å². The zero-order valence-corrected chi connectivity index (χ0v) is 7.85. The predicted molar refractivity (Wildman–Crippen MR) is 51.7 cm³/mol. The summed E-state index contributed by atoms with van der Waals surface area (Å²) < 4.78 is 0. The first-order valence-electron chi connectivity index (χ1n) is 4.28. The molecule has 0 aromatic rings. The Bertz CT molecular complexity index is 130. The van der Waals surface area contributed by atoms with Crippen LogP contribution in [0.25, 0.3) is 0 Å². The Morgan fingerprint density at radius 3 is 2.64 bits per heavy atom. The van der Waals surface area contributed by atoms with Crippen LogP contribution in [0.2, 0.25) is 0 Å². The van der Waals surface area contributed by atoms with Crippen LogP contribution in [0.5, 0.6) is 0 Å². The fraction of sp³-hybridized carbons (Fsp3) is 0.600. The van der Waals surface area contributed by atoms with E-state index in [1.54, 1.807) is 0 Å². The van der Waals surface area contributed by atoms with Crippen LogP contribution in [0.1, 0.15) is 27.2 Å². The molecule has 0 fully saturated rings. The second-order valence-corrected chi connectivity index (χ2v) is 2.81. The third-order valence-corrected chi connectivity index (χ3v) is 1.30. The van der Waals surface area contributed by atoms with Crippen molar-refractivity contribution in [2.45, 2.75) is 27.2 Å². The zero-order valence-electron chi connectivity index (χ0n) is 7.85. The lowest BCUT2D eigenvalue weighted by atomic mass is 10.3. The topological polar surface area (TPSA) is 12.0 Å². The van der Waals surface area contributed by atoms with Gasteiger partial charge in [0.1, 0.15) is 0 Å². The molecule has 0 amide bonds. The third-order valence-electron chi connectivity index (χ3n) is 1.30. The smallest absolute Gasteiger partial charge is 0.00143 e. The molecule has 0 aromatic carbocycles. The van der Waals surface area contributed by atoms with E-state index < -0.39 is 0 Å². The van der Waals surface area contributed by atoms with Crippen molar-refractivity contribution in [1.82, 2.24) is 5.32 Å². The van der Waals surface area contributed by atoms with Gasteiger partial charge in [0.05, 0.1) is 0 Å². The summed E-state index contributed by atoms with van der Waals surface area (Å²) in [5.41, 5.74) is 1.35. The Hall–Kier alpha value is -0.560. The van der Waals surface area contributed by atoms with Gasteiger partial charge >= 0.3 is 0 Å². The second-order valence-electron chi connectivity index (χ2n) is 2.81. The van der Waals surface area contributed by atoms with Gasteiger partial charge in [-0.2, -0.15) is 0 Å². The number of hydrogen-bond donors (Lipinski definition) is 1. The van der Waals surface area contributed by atoms with Crippen molar-refractivity contribution >= 4 is 0 Å². The van der Waals surface area contributed by atoms with Gasteiger partial charge in [-0.25, -0.2) is 0 Å². The maximum atomic E-state index is 3.26. The first-order valence-corrected chi connectivity index (χ1v) is 4.28. The average molecular weight is 153 g/mol. The number of nitrogens with one attached hydrogen (secondary N) is 1. The number of rotatable bonds is 5. The highest BCUT2D eigenvalue weighted by Crippen LogP contribution is 1.89. The van der Waals surface area contributed by atoms with Gasteiger partial charge < -0.3 is 5.32 Å². The van der Waals surface area contributed by atoms with Gasteiger partial charge in [0.15, 0.2) is 0 Å². The Kier molecular flexibility index (Phi) is 7.16. The summed E-state index contributed by atoms with van der Waals surface area (Å²) in [4.78, 5) is 0. The largest absolute Gasteiger partial charge is 0.317 e. The van der Waals surface area contributed by atoms with Crippen molar-refractivity contribution < 1.29 is 0 Å². The van der Waals surface area contributed by atoms with Crippen LogP contribution in [-0.2, 0) is 0 Å². The molecule has 0 atom stereocenters. The molecule has 0 rings (SSSR count). The van der Waals surface area contributed by atoms with Crippen LogP contribution in [0.3, 0.4) is 0 Å². The Balaban J connectivity index is 3.23. The van der Waals surface area contributed by atoms with Crippen LogP contribution in [0, 0.1) is 0 Å². The number of hydrogen-bond acceptors (Lipinski definition) is 1. The van der Waals surface area contributed by atoms with Gasteiger partial charge in [-0.15, -0.1) is 0 Å². The molecule has 0 aliphatic carbocycles. The van der Waals surface area contributed by atoms with E-state index >= 15 is 0 Å². The van der Waals surface area contributed by atoms with Crippen LogP contribution in [0.15, 0.2) is 23.8 Å². The molecule has 0 spiro atoms. The summed E-state index contributed by atoms with van der Waals surface area (Å²) >= 11 is 0. The molecular weight excluding hydrogens is 134 g/mol. The highest BCUT2D eigenvalue weighted by atomic mass is 14.8. The summed E-state index contributed by atoms with van der Waals surface area (Å²) in [5, 5.41) is 3.26. The zero-order chi connectivity index (χ0) is 8.53. The molecule has 0 aliphatic rings. The Morgan fingerprint density at radius 1 is 1.36 bits per heavy atom. The minimum Gasteiger partial charge on any atom is -0.317 e. The van der Waals surface area contributed by atoms with Crippen LogP contribution in [-0.4, -0.2) is 13.1 Å². The van der Waals surface area contributed by atoms with Crippen LogP contribution < -0.4 is 5.32 Å². The second kappa shape index (κ2) is 7.55. The minimum atomic E-state index is 1.07. The standard InChI is InChI=1S/C10H19N/c1-4-11-9-7-5-6-8-10(2)3/h5-6,8,11H,4,7,9H2,1-3H3. The summed E-state index contributed by atoms with van der Waals surface area (Å²) in [6.45, 7) is 8.49. The molecule has 0 aromatic heterocycles. The third kappa shape index (κ3) is 9.44. The van der Waals surface area contributed by atoms with Gasteiger partial charge in [-0.1, -0.05) is 30.7 Å². The van der Waals surface area contributed by atoms with E-state index in [9.17, 15) is 0 Å². The molecule has 0 bridgehead atoms. The quantitative estimate of drug-likeness (QED) is 0.472. The molecule has 0 saturated heterocycles. The van der Waals surface area contributed by atoms with Crippen molar-refractivity contribution in [2.75, 3.05) is 13.1 Å². The molecule has 1 N–H and O–H groups in total. The Morgan fingerprint density at radius 2 is 2.09 bits per heavy atom. The van der Waals surface area contributed by atoms with Gasteiger partial charge in [0.2, 0.25) is 0 Å². The highest BCUT2D eigenvalue weighted by molar-refractivity contribution is 5.07. The summed E-state index contributed by atoms with van der Waals surface area (Å²) in [5.74, 6) is 0. The van der Waals surface area contributed by atoms with Crippen molar-refractivity contribution in [3.8, 4) is 0 Å². The maximum Gasteiger partial charge on any atom is -0.00143 e. The molecule has 0 heterocycles. The molecule has 0 unspecified atom stereocenters. The monoisotopic (exact) mass is 153 g/mol. The predicted octanol–water partition coefficient (Wildman–Crippen LogP) is 2.51. The summed E-state index contributed by atoms with van der Waals surface area (Å²) in [6.07, 6.45) is 7.56. The lowest BCUT2D eigenvalue weighted by Gasteiger charge is -1.94. The van der Waals surface area contributed by atoms with Crippen molar-refractivity contribution in [3.63, 3.8) is 0 Å². The molecule has 0 radical (unpaired) electrons. The molecule has 0 saturated carbocycles. The van der Waals surface area contributed by atoms with Crippen molar-refractivity contribution in [1.29, 1.82) is 0 Å². The summed E-state index contributed by atoms with van der Waals surface area (Å²) in [7, 11) is 0. The Labute approximate surface area is 70.2 Å². The molecule has 1 nitrogen and oxygen atoms in total. The first kappa shape index (κ1) is 10.4.